The minimum atomic E-state index is -0.365. The summed E-state index contributed by atoms with van der Waals surface area (Å²) in [7, 11) is 0. The third-order valence-corrected chi connectivity index (χ3v) is 3.27. The second kappa shape index (κ2) is 5.66. The number of hydrazone groups is 1. The summed E-state index contributed by atoms with van der Waals surface area (Å²) in [6, 6.07) is 11.4. The average molecular weight is 281 g/mol. The summed E-state index contributed by atoms with van der Waals surface area (Å²) in [4.78, 5) is 11.7. The number of amides is 1. The summed E-state index contributed by atoms with van der Waals surface area (Å²) in [5, 5.41) is 5.10. The summed E-state index contributed by atoms with van der Waals surface area (Å²) in [6.45, 7) is 2.97. The van der Waals surface area contributed by atoms with Gasteiger partial charge in [0, 0.05) is 29.2 Å². The van der Waals surface area contributed by atoms with Crippen molar-refractivity contribution in [1.29, 1.82) is 0 Å². The van der Waals surface area contributed by atoms with E-state index in [1.165, 1.54) is 6.26 Å². The first-order chi connectivity index (χ1) is 10.3. The fourth-order valence-corrected chi connectivity index (χ4v) is 2.26. The molecule has 0 atom stereocenters. The van der Waals surface area contributed by atoms with E-state index in [-0.39, 0.29) is 11.7 Å². The number of carbonyl (C=O) groups is 1. The van der Waals surface area contributed by atoms with Crippen LogP contribution in [0.3, 0.4) is 0 Å². The van der Waals surface area contributed by atoms with Crippen molar-refractivity contribution >= 4 is 23.0 Å². The second-order valence-electron chi connectivity index (χ2n) is 4.56. The number of nitrogens with zero attached hydrogens (tertiary/aromatic N) is 2. The lowest BCUT2D eigenvalue weighted by atomic mass is 10.2. The van der Waals surface area contributed by atoms with Gasteiger partial charge in [0.25, 0.3) is 0 Å². The Hall–Kier alpha value is -2.82. The maximum absolute atomic E-state index is 11.7. The number of aromatic nitrogens is 1. The lowest BCUT2D eigenvalue weighted by Gasteiger charge is -1.97. The van der Waals surface area contributed by atoms with Gasteiger partial charge in [0.15, 0.2) is 5.76 Å². The lowest BCUT2D eigenvalue weighted by molar-refractivity contribution is 0.0927. The smallest absolute Gasteiger partial charge is 0.307 e. The number of para-hydroxylation sites is 1. The van der Waals surface area contributed by atoms with E-state index in [1.807, 2.05) is 24.4 Å². The number of hydrogen-bond acceptors (Lipinski definition) is 3. The minimum Gasteiger partial charge on any atom is -0.459 e. The second-order valence-corrected chi connectivity index (χ2v) is 4.56. The van der Waals surface area contributed by atoms with Crippen LogP contribution < -0.4 is 5.43 Å². The first-order valence-electron chi connectivity index (χ1n) is 6.74. The van der Waals surface area contributed by atoms with Crippen molar-refractivity contribution < 1.29 is 9.21 Å². The molecule has 1 N–H and O–H groups in total. The highest BCUT2D eigenvalue weighted by Gasteiger charge is 2.07. The standard InChI is InChI=1S/C16H15N3O2/c1-2-19-11-12(13-6-3-4-7-14(13)19)10-17-18-16(20)15-8-5-9-21-15/h3-11H,2H2,1H3,(H,18,20)/b17-10-. The molecule has 5 nitrogen and oxygen atoms in total. The molecule has 0 spiro atoms. The molecule has 2 heterocycles. The van der Waals surface area contributed by atoms with Crippen LogP contribution in [-0.4, -0.2) is 16.7 Å². The summed E-state index contributed by atoms with van der Waals surface area (Å²) in [5.74, 6) is -0.126. The molecule has 1 amide bonds. The summed E-state index contributed by atoms with van der Waals surface area (Å²) >= 11 is 0. The van der Waals surface area contributed by atoms with Crippen molar-refractivity contribution in [3.8, 4) is 0 Å². The third-order valence-electron chi connectivity index (χ3n) is 3.27. The van der Waals surface area contributed by atoms with Gasteiger partial charge in [-0.15, -0.1) is 0 Å². The molecule has 3 rings (SSSR count). The van der Waals surface area contributed by atoms with Crippen LogP contribution in [0.2, 0.25) is 0 Å². The summed E-state index contributed by atoms with van der Waals surface area (Å²) < 4.78 is 7.14. The highest BCUT2D eigenvalue weighted by molar-refractivity contribution is 6.00. The molecule has 2 aromatic heterocycles. The topological polar surface area (TPSA) is 59.5 Å². The normalized spacial score (nSPS) is 11.3. The number of fused-ring (bicyclic) bond motifs is 1. The first-order valence-corrected chi connectivity index (χ1v) is 6.74. The van der Waals surface area contributed by atoms with Gasteiger partial charge in [0.2, 0.25) is 0 Å². The molecule has 5 heteroatoms. The Morgan fingerprint density at radius 3 is 2.95 bits per heavy atom. The number of hydrogen-bond donors (Lipinski definition) is 1. The molecule has 0 saturated carbocycles. The Bertz CT molecular complexity index is 785. The molecular formula is C16H15N3O2. The van der Waals surface area contributed by atoms with E-state index in [9.17, 15) is 4.79 Å². The van der Waals surface area contributed by atoms with Crippen LogP contribution in [-0.2, 0) is 6.54 Å². The maximum Gasteiger partial charge on any atom is 0.307 e. The van der Waals surface area contributed by atoms with Gasteiger partial charge >= 0.3 is 5.91 Å². The Morgan fingerprint density at radius 2 is 2.19 bits per heavy atom. The number of benzene rings is 1. The van der Waals surface area contributed by atoms with Gasteiger partial charge in [-0.1, -0.05) is 18.2 Å². The number of furan rings is 1. The van der Waals surface area contributed by atoms with E-state index >= 15 is 0 Å². The Kier molecular flexibility index (Phi) is 3.55. The number of carbonyl (C=O) groups excluding carboxylic acids is 1. The molecular weight excluding hydrogens is 266 g/mol. The molecule has 106 valence electrons. The van der Waals surface area contributed by atoms with Crippen LogP contribution in [0.15, 0.2) is 58.4 Å². The molecule has 0 saturated heterocycles. The SMILES string of the molecule is CCn1cc(/C=N\NC(=O)c2ccco2)c2ccccc21. The van der Waals surface area contributed by atoms with Crippen LogP contribution in [0, 0.1) is 0 Å². The molecule has 3 aromatic rings. The van der Waals surface area contributed by atoms with E-state index in [4.69, 9.17) is 4.42 Å². The van der Waals surface area contributed by atoms with Gasteiger partial charge in [-0.25, -0.2) is 5.43 Å². The van der Waals surface area contributed by atoms with Gasteiger partial charge in [-0.2, -0.15) is 5.10 Å². The van der Waals surface area contributed by atoms with E-state index in [0.717, 1.165) is 23.0 Å². The zero-order valence-corrected chi connectivity index (χ0v) is 11.6. The zero-order chi connectivity index (χ0) is 14.7. The van der Waals surface area contributed by atoms with Crippen molar-refractivity contribution in [3.05, 3.63) is 60.2 Å². The highest BCUT2D eigenvalue weighted by atomic mass is 16.3. The predicted molar refractivity (Wildman–Crippen MR) is 81.4 cm³/mol. The molecule has 0 aliphatic carbocycles. The number of rotatable bonds is 4. The monoisotopic (exact) mass is 281 g/mol. The van der Waals surface area contributed by atoms with Gasteiger partial charge in [0.05, 0.1) is 12.5 Å². The number of nitrogens with one attached hydrogen (secondary N) is 1. The van der Waals surface area contributed by atoms with E-state index < -0.39 is 0 Å². The van der Waals surface area contributed by atoms with Gasteiger partial charge in [-0.05, 0) is 25.1 Å². The van der Waals surface area contributed by atoms with Crippen LogP contribution >= 0.6 is 0 Å². The fraction of sp³-hybridized carbons (Fsp3) is 0.125. The zero-order valence-electron chi connectivity index (χ0n) is 11.6. The number of aryl methyl sites for hydroxylation is 1. The Labute approximate surface area is 121 Å². The van der Waals surface area contributed by atoms with Crippen molar-refractivity contribution in [1.82, 2.24) is 9.99 Å². The molecule has 0 aliphatic rings. The van der Waals surface area contributed by atoms with Crippen LogP contribution in [0.1, 0.15) is 23.0 Å². The van der Waals surface area contributed by atoms with E-state index in [2.05, 4.69) is 28.1 Å². The van der Waals surface area contributed by atoms with Gasteiger partial charge in [0.1, 0.15) is 0 Å². The van der Waals surface area contributed by atoms with Crippen LogP contribution in [0.4, 0.5) is 0 Å². The molecule has 0 fully saturated rings. The maximum atomic E-state index is 11.7. The largest absolute Gasteiger partial charge is 0.459 e. The average Bonchev–Trinajstić information content (AvgIpc) is 3.15. The van der Waals surface area contributed by atoms with Gasteiger partial charge in [-0.3, -0.25) is 4.79 Å². The molecule has 0 aliphatic heterocycles. The molecule has 0 radical (unpaired) electrons. The fourth-order valence-electron chi connectivity index (χ4n) is 2.26. The molecule has 21 heavy (non-hydrogen) atoms. The van der Waals surface area contributed by atoms with E-state index in [1.54, 1.807) is 18.3 Å². The Balaban J connectivity index is 1.82. The van der Waals surface area contributed by atoms with Crippen molar-refractivity contribution in [2.75, 3.05) is 0 Å². The first kappa shape index (κ1) is 13.2. The summed E-state index contributed by atoms with van der Waals surface area (Å²) in [5.41, 5.74) is 4.57. The molecule has 0 unspecified atom stereocenters. The molecule has 0 bridgehead atoms. The quantitative estimate of drug-likeness (QED) is 0.590. The summed E-state index contributed by atoms with van der Waals surface area (Å²) in [6.07, 6.45) is 5.12. The lowest BCUT2D eigenvalue weighted by Crippen LogP contribution is -2.16. The van der Waals surface area contributed by atoms with E-state index in [0.29, 0.717) is 0 Å². The third kappa shape index (κ3) is 2.58. The van der Waals surface area contributed by atoms with Crippen molar-refractivity contribution in [2.24, 2.45) is 5.10 Å². The van der Waals surface area contributed by atoms with Crippen molar-refractivity contribution in [2.45, 2.75) is 13.5 Å². The molecule has 1 aromatic carbocycles. The van der Waals surface area contributed by atoms with Gasteiger partial charge < -0.3 is 8.98 Å². The predicted octanol–water partition coefficient (Wildman–Crippen LogP) is 3.02. The van der Waals surface area contributed by atoms with Crippen molar-refractivity contribution in [3.63, 3.8) is 0 Å². The minimum absolute atomic E-state index is 0.239. The van der Waals surface area contributed by atoms with Crippen LogP contribution in [0.5, 0.6) is 0 Å². The highest BCUT2D eigenvalue weighted by Crippen LogP contribution is 2.19. The van der Waals surface area contributed by atoms with Crippen LogP contribution in [0.25, 0.3) is 10.9 Å². The Morgan fingerprint density at radius 1 is 1.33 bits per heavy atom.